The van der Waals surface area contributed by atoms with Gasteiger partial charge in [-0.05, 0) is 36.5 Å². The average molecular weight is 276 g/mol. The van der Waals surface area contributed by atoms with Crippen LogP contribution in [0.4, 0.5) is 0 Å². The number of nitriles is 1. The van der Waals surface area contributed by atoms with Crippen LogP contribution in [0.3, 0.4) is 0 Å². The zero-order valence-corrected chi connectivity index (χ0v) is 12.2. The predicted octanol–water partition coefficient (Wildman–Crippen LogP) is 4.99. The van der Waals surface area contributed by atoms with Crippen LogP contribution in [-0.4, -0.2) is 4.98 Å². The van der Waals surface area contributed by atoms with Crippen LogP contribution in [0.2, 0.25) is 0 Å². The molecular weight excluding hydrogens is 256 g/mol. The van der Waals surface area contributed by atoms with Gasteiger partial charge >= 0.3 is 0 Å². The normalized spacial score (nSPS) is 11.1. The lowest BCUT2D eigenvalue weighted by Crippen LogP contribution is -1.89. The molecule has 0 bridgehead atoms. The fourth-order valence-electron chi connectivity index (χ4n) is 2.31. The topological polar surface area (TPSA) is 36.7 Å². The van der Waals surface area contributed by atoms with Crippen molar-refractivity contribution in [1.82, 2.24) is 4.98 Å². The summed E-state index contributed by atoms with van der Waals surface area (Å²) < 4.78 is 0. The number of benzene rings is 1. The summed E-state index contributed by atoms with van der Waals surface area (Å²) in [5.41, 5.74) is 3.62. The van der Waals surface area contributed by atoms with Crippen molar-refractivity contribution in [3.63, 3.8) is 0 Å². The fraction of sp³-hybridized carbons (Fsp3) is 0.263. The van der Waals surface area contributed by atoms with Crippen LogP contribution >= 0.6 is 0 Å². The van der Waals surface area contributed by atoms with Crippen LogP contribution in [0, 0.1) is 11.3 Å². The van der Waals surface area contributed by atoms with E-state index in [-0.39, 0.29) is 0 Å². The Hall–Kier alpha value is -2.40. The van der Waals surface area contributed by atoms with Gasteiger partial charge in [0.15, 0.2) is 0 Å². The van der Waals surface area contributed by atoms with Gasteiger partial charge in [-0.25, -0.2) is 0 Å². The molecule has 0 spiro atoms. The molecule has 1 aromatic heterocycles. The Morgan fingerprint density at radius 3 is 2.52 bits per heavy atom. The third-order valence-corrected chi connectivity index (χ3v) is 3.40. The van der Waals surface area contributed by atoms with Crippen molar-refractivity contribution in [3.8, 4) is 6.07 Å². The van der Waals surface area contributed by atoms with Crippen molar-refractivity contribution < 1.29 is 0 Å². The van der Waals surface area contributed by atoms with Gasteiger partial charge in [-0.3, -0.25) is 4.98 Å². The lowest BCUT2D eigenvalue weighted by Gasteiger charge is -2.08. The molecule has 0 radical (unpaired) electrons. The molecule has 21 heavy (non-hydrogen) atoms. The molecule has 0 saturated carbocycles. The Kier molecular flexibility index (Phi) is 6.22. The van der Waals surface area contributed by atoms with Crippen molar-refractivity contribution >= 4 is 5.57 Å². The summed E-state index contributed by atoms with van der Waals surface area (Å²) >= 11 is 0. The van der Waals surface area contributed by atoms with Crippen molar-refractivity contribution in [3.05, 3.63) is 72.1 Å². The summed E-state index contributed by atoms with van der Waals surface area (Å²) in [4.78, 5) is 4.22. The molecule has 0 aliphatic heterocycles. The summed E-state index contributed by atoms with van der Waals surface area (Å²) in [5.74, 6) is 0. The molecule has 0 N–H and O–H groups in total. The molecule has 0 aliphatic rings. The number of rotatable bonds is 7. The summed E-state index contributed by atoms with van der Waals surface area (Å²) in [5, 5.41) is 8.54. The standard InChI is InChI=1S/C19H20N2/c20-14-8-3-1-2-7-13-19(17-10-5-4-6-11-17)18-12-9-15-21-16-18/h4-6,9-13,15-16H,1-3,7-8H2. The van der Waals surface area contributed by atoms with Crippen molar-refractivity contribution in [2.75, 3.05) is 0 Å². The minimum absolute atomic E-state index is 0.665. The number of unbranched alkanes of at least 4 members (excludes halogenated alkanes) is 4. The first kappa shape index (κ1) is 15.0. The second-order valence-electron chi connectivity index (χ2n) is 4.98. The van der Waals surface area contributed by atoms with Crippen LogP contribution < -0.4 is 0 Å². The zero-order chi connectivity index (χ0) is 14.8. The molecule has 0 fully saturated rings. The van der Waals surface area contributed by atoms with Gasteiger partial charge in [-0.2, -0.15) is 5.26 Å². The Morgan fingerprint density at radius 2 is 1.81 bits per heavy atom. The van der Waals surface area contributed by atoms with E-state index >= 15 is 0 Å². The third-order valence-electron chi connectivity index (χ3n) is 3.40. The Bertz CT molecular complexity index is 553. The van der Waals surface area contributed by atoms with Crippen LogP contribution in [0.15, 0.2) is 60.9 Å². The Labute approximate surface area is 126 Å². The average Bonchev–Trinajstić information content (AvgIpc) is 2.56. The van der Waals surface area contributed by atoms with E-state index in [0.29, 0.717) is 6.42 Å². The van der Waals surface area contributed by atoms with E-state index in [9.17, 15) is 0 Å². The van der Waals surface area contributed by atoms with Gasteiger partial charge < -0.3 is 0 Å². The molecule has 0 saturated heterocycles. The van der Waals surface area contributed by atoms with E-state index in [1.807, 2.05) is 18.3 Å². The molecule has 0 unspecified atom stereocenters. The molecule has 2 aromatic rings. The quantitative estimate of drug-likeness (QED) is 0.668. The SMILES string of the molecule is N#CCCCCCC=C(c1ccccc1)c1cccnc1. The molecule has 0 aliphatic carbocycles. The highest BCUT2D eigenvalue weighted by atomic mass is 14.6. The summed E-state index contributed by atoms with van der Waals surface area (Å²) in [6, 6.07) is 16.7. The van der Waals surface area contributed by atoms with E-state index in [0.717, 1.165) is 31.2 Å². The number of nitrogens with zero attached hydrogens (tertiary/aromatic N) is 2. The molecule has 0 atom stereocenters. The van der Waals surface area contributed by atoms with Gasteiger partial charge in [0.2, 0.25) is 0 Å². The maximum Gasteiger partial charge on any atom is 0.0621 e. The second-order valence-corrected chi connectivity index (χ2v) is 4.98. The number of allylic oxidation sites excluding steroid dienone is 1. The van der Waals surface area contributed by atoms with Crippen LogP contribution in [0.1, 0.15) is 43.2 Å². The first-order valence-corrected chi connectivity index (χ1v) is 7.45. The monoisotopic (exact) mass is 276 g/mol. The minimum atomic E-state index is 0.665. The van der Waals surface area contributed by atoms with Gasteiger partial charge in [-0.1, -0.05) is 48.9 Å². The zero-order valence-electron chi connectivity index (χ0n) is 12.2. The minimum Gasteiger partial charge on any atom is -0.264 e. The predicted molar refractivity (Wildman–Crippen MR) is 86.5 cm³/mol. The summed E-state index contributed by atoms with van der Waals surface area (Å²) in [6.07, 6.45) is 10.9. The van der Waals surface area contributed by atoms with E-state index in [2.05, 4.69) is 47.5 Å². The molecule has 1 aromatic carbocycles. The molecule has 2 heteroatoms. The van der Waals surface area contributed by atoms with Crippen molar-refractivity contribution in [2.24, 2.45) is 0 Å². The van der Waals surface area contributed by atoms with E-state index in [1.54, 1.807) is 6.20 Å². The highest BCUT2D eigenvalue weighted by molar-refractivity contribution is 5.79. The molecule has 2 nitrogen and oxygen atoms in total. The first-order chi connectivity index (χ1) is 10.4. The van der Waals surface area contributed by atoms with E-state index in [4.69, 9.17) is 5.26 Å². The van der Waals surface area contributed by atoms with Gasteiger partial charge in [0.05, 0.1) is 6.07 Å². The molecule has 106 valence electrons. The second kappa shape index (κ2) is 8.71. The number of hydrogen-bond donors (Lipinski definition) is 0. The molecular formula is C19H20N2. The van der Waals surface area contributed by atoms with Crippen LogP contribution in [-0.2, 0) is 0 Å². The molecule has 1 heterocycles. The van der Waals surface area contributed by atoms with Crippen LogP contribution in [0.25, 0.3) is 5.57 Å². The van der Waals surface area contributed by atoms with E-state index in [1.165, 1.54) is 11.1 Å². The highest BCUT2D eigenvalue weighted by Gasteiger charge is 2.04. The largest absolute Gasteiger partial charge is 0.264 e. The van der Waals surface area contributed by atoms with Gasteiger partial charge in [-0.15, -0.1) is 0 Å². The fourth-order valence-corrected chi connectivity index (χ4v) is 2.31. The maximum absolute atomic E-state index is 8.54. The summed E-state index contributed by atoms with van der Waals surface area (Å²) in [7, 11) is 0. The van der Waals surface area contributed by atoms with Gasteiger partial charge in [0.25, 0.3) is 0 Å². The van der Waals surface area contributed by atoms with Gasteiger partial charge in [0, 0.05) is 24.4 Å². The lowest BCUT2D eigenvalue weighted by atomic mass is 9.97. The van der Waals surface area contributed by atoms with Crippen molar-refractivity contribution in [1.29, 1.82) is 5.26 Å². The maximum atomic E-state index is 8.54. The molecule has 0 amide bonds. The number of pyridine rings is 1. The van der Waals surface area contributed by atoms with Gasteiger partial charge in [0.1, 0.15) is 0 Å². The lowest BCUT2D eigenvalue weighted by molar-refractivity contribution is 0.700. The van der Waals surface area contributed by atoms with Crippen LogP contribution in [0.5, 0.6) is 0 Å². The number of aromatic nitrogens is 1. The summed E-state index contributed by atoms with van der Waals surface area (Å²) in [6.45, 7) is 0. The Balaban J connectivity index is 2.08. The van der Waals surface area contributed by atoms with E-state index < -0.39 is 0 Å². The first-order valence-electron chi connectivity index (χ1n) is 7.45. The Morgan fingerprint density at radius 1 is 1.00 bits per heavy atom. The number of hydrogen-bond acceptors (Lipinski definition) is 2. The van der Waals surface area contributed by atoms with Crippen molar-refractivity contribution in [2.45, 2.75) is 32.1 Å². The highest BCUT2D eigenvalue weighted by Crippen LogP contribution is 2.23. The smallest absolute Gasteiger partial charge is 0.0621 e. The molecule has 2 rings (SSSR count). The third kappa shape index (κ3) is 4.89.